The molecule has 0 unspecified atom stereocenters. The number of aliphatic hydroxyl groups excluding tert-OH is 1. The fourth-order valence-electron chi connectivity index (χ4n) is 1.50. The first-order valence-corrected chi connectivity index (χ1v) is 6.29. The van der Waals surface area contributed by atoms with Crippen molar-refractivity contribution in [3.05, 3.63) is 29.8 Å². The highest BCUT2D eigenvalue weighted by Gasteiger charge is 2.04. The second-order valence-electron chi connectivity index (χ2n) is 4.33. The van der Waals surface area contributed by atoms with Gasteiger partial charge in [0, 0.05) is 20.3 Å². The molecule has 2 N–H and O–H groups in total. The lowest BCUT2D eigenvalue weighted by molar-refractivity contribution is 0.105. The van der Waals surface area contributed by atoms with Gasteiger partial charge in [-0.25, -0.2) is 0 Å². The Bertz CT molecular complexity index is 313. The van der Waals surface area contributed by atoms with Crippen LogP contribution in [0.15, 0.2) is 24.3 Å². The van der Waals surface area contributed by atoms with Crippen molar-refractivity contribution < 1.29 is 14.6 Å². The molecule has 0 aliphatic rings. The molecule has 1 aromatic carbocycles. The van der Waals surface area contributed by atoms with E-state index in [4.69, 9.17) is 9.47 Å². The largest absolute Gasteiger partial charge is 0.491 e. The Morgan fingerprint density at radius 3 is 2.67 bits per heavy atom. The first-order chi connectivity index (χ1) is 8.72. The summed E-state index contributed by atoms with van der Waals surface area (Å²) in [5.74, 6) is 0.791. The second kappa shape index (κ2) is 8.91. The summed E-state index contributed by atoms with van der Waals surface area (Å²) < 4.78 is 10.4. The van der Waals surface area contributed by atoms with Gasteiger partial charge in [0.1, 0.15) is 18.5 Å². The maximum absolute atomic E-state index is 9.70. The SMILES string of the molecule is COCCCNC[C@H](O)COc1ccc(C)cc1. The maximum atomic E-state index is 9.70. The van der Waals surface area contributed by atoms with Gasteiger partial charge in [0.25, 0.3) is 0 Å². The summed E-state index contributed by atoms with van der Waals surface area (Å²) in [6, 6.07) is 7.80. The average Bonchev–Trinajstić information content (AvgIpc) is 2.38. The number of aryl methyl sites for hydroxylation is 1. The summed E-state index contributed by atoms with van der Waals surface area (Å²) in [5.41, 5.74) is 1.20. The molecule has 0 aromatic heterocycles. The van der Waals surface area contributed by atoms with Crippen LogP contribution in [-0.2, 0) is 4.74 Å². The van der Waals surface area contributed by atoms with Gasteiger partial charge in [0.2, 0.25) is 0 Å². The van der Waals surface area contributed by atoms with Crippen LogP contribution < -0.4 is 10.1 Å². The number of rotatable bonds is 9. The summed E-state index contributed by atoms with van der Waals surface area (Å²) >= 11 is 0. The molecule has 0 amide bonds. The van der Waals surface area contributed by atoms with Crippen molar-refractivity contribution in [3.8, 4) is 5.75 Å². The Morgan fingerprint density at radius 2 is 2.00 bits per heavy atom. The van der Waals surface area contributed by atoms with Gasteiger partial charge in [-0.2, -0.15) is 0 Å². The van der Waals surface area contributed by atoms with E-state index < -0.39 is 6.10 Å². The molecular weight excluding hydrogens is 230 g/mol. The molecule has 4 nitrogen and oxygen atoms in total. The zero-order valence-electron chi connectivity index (χ0n) is 11.2. The highest BCUT2D eigenvalue weighted by Crippen LogP contribution is 2.11. The van der Waals surface area contributed by atoms with Crippen LogP contribution in [0.2, 0.25) is 0 Å². The molecule has 1 aromatic rings. The molecule has 0 heterocycles. The molecular formula is C14H23NO3. The number of methoxy groups -OCH3 is 1. The van der Waals surface area contributed by atoms with Crippen LogP contribution in [0.3, 0.4) is 0 Å². The molecule has 0 spiro atoms. The van der Waals surface area contributed by atoms with Gasteiger partial charge in [0.15, 0.2) is 0 Å². The molecule has 1 rings (SSSR count). The van der Waals surface area contributed by atoms with Gasteiger partial charge in [-0.05, 0) is 32.0 Å². The van der Waals surface area contributed by atoms with Gasteiger partial charge in [0.05, 0.1) is 0 Å². The molecule has 0 aliphatic carbocycles. The van der Waals surface area contributed by atoms with E-state index >= 15 is 0 Å². The first kappa shape index (κ1) is 15.0. The first-order valence-electron chi connectivity index (χ1n) is 6.29. The third kappa shape index (κ3) is 6.59. The molecule has 18 heavy (non-hydrogen) atoms. The number of nitrogens with one attached hydrogen (secondary N) is 1. The zero-order chi connectivity index (χ0) is 13.2. The Morgan fingerprint density at radius 1 is 1.28 bits per heavy atom. The standard InChI is InChI=1S/C14H23NO3/c1-12-4-6-14(7-5-12)18-11-13(16)10-15-8-3-9-17-2/h4-7,13,15-16H,3,8-11H2,1-2H3/t13-/m0/s1. The minimum Gasteiger partial charge on any atom is -0.491 e. The lowest BCUT2D eigenvalue weighted by Crippen LogP contribution is -2.32. The number of hydrogen-bond acceptors (Lipinski definition) is 4. The second-order valence-corrected chi connectivity index (χ2v) is 4.33. The fourth-order valence-corrected chi connectivity index (χ4v) is 1.50. The van der Waals surface area contributed by atoms with Crippen LogP contribution in [0.4, 0.5) is 0 Å². The Balaban J connectivity index is 2.09. The molecule has 0 saturated carbocycles. The van der Waals surface area contributed by atoms with E-state index in [2.05, 4.69) is 5.32 Å². The summed E-state index contributed by atoms with van der Waals surface area (Å²) in [4.78, 5) is 0. The van der Waals surface area contributed by atoms with Gasteiger partial charge in [-0.3, -0.25) is 0 Å². The van der Waals surface area contributed by atoms with Crippen molar-refractivity contribution in [2.75, 3.05) is 33.4 Å². The highest BCUT2D eigenvalue weighted by molar-refractivity contribution is 5.26. The molecule has 0 fully saturated rings. The van der Waals surface area contributed by atoms with Gasteiger partial charge >= 0.3 is 0 Å². The number of ether oxygens (including phenoxy) is 2. The summed E-state index contributed by atoms with van der Waals surface area (Å²) in [6.07, 6.45) is 0.455. The predicted octanol–water partition coefficient (Wildman–Crippen LogP) is 1.36. The zero-order valence-corrected chi connectivity index (χ0v) is 11.2. The Labute approximate surface area is 109 Å². The van der Waals surface area contributed by atoms with E-state index in [0.717, 1.165) is 25.3 Å². The van der Waals surface area contributed by atoms with Crippen LogP contribution in [-0.4, -0.2) is 44.6 Å². The Hall–Kier alpha value is -1.10. The van der Waals surface area contributed by atoms with Crippen molar-refractivity contribution in [1.82, 2.24) is 5.32 Å². The minimum atomic E-state index is -0.492. The molecule has 0 saturated heterocycles. The van der Waals surface area contributed by atoms with Crippen molar-refractivity contribution in [2.45, 2.75) is 19.4 Å². The average molecular weight is 253 g/mol. The molecule has 0 aliphatic heterocycles. The molecule has 102 valence electrons. The smallest absolute Gasteiger partial charge is 0.119 e. The molecule has 0 bridgehead atoms. The fraction of sp³-hybridized carbons (Fsp3) is 0.571. The topological polar surface area (TPSA) is 50.7 Å². The predicted molar refractivity (Wildman–Crippen MR) is 72.0 cm³/mol. The van der Waals surface area contributed by atoms with Gasteiger partial charge in [-0.15, -0.1) is 0 Å². The van der Waals surface area contributed by atoms with Crippen molar-refractivity contribution in [1.29, 1.82) is 0 Å². The van der Waals surface area contributed by atoms with Gasteiger partial charge in [-0.1, -0.05) is 17.7 Å². The summed E-state index contributed by atoms with van der Waals surface area (Å²) in [7, 11) is 1.68. The number of aliphatic hydroxyl groups is 1. The van der Waals surface area contributed by atoms with Crippen molar-refractivity contribution in [3.63, 3.8) is 0 Å². The highest BCUT2D eigenvalue weighted by atomic mass is 16.5. The third-order valence-corrected chi connectivity index (χ3v) is 2.55. The van der Waals surface area contributed by atoms with Crippen LogP contribution >= 0.6 is 0 Å². The van der Waals surface area contributed by atoms with Crippen molar-refractivity contribution >= 4 is 0 Å². The van der Waals surface area contributed by atoms with E-state index in [-0.39, 0.29) is 0 Å². The third-order valence-electron chi connectivity index (χ3n) is 2.55. The summed E-state index contributed by atoms with van der Waals surface area (Å²) in [6.45, 7) is 4.46. The molecule has 1 atom stereocenters. The normalized spacial score (nSPS) is 12.4. The van der Waals surface area contributed by atoms with Gasteiger partial charge < -0.3 is 19.9 Å². The van der Waals surface area contributed by atoms with Crippen LogP contribution in [0.25, 0.3) is 0 Å². The van der Waals surface area contributed by atoms with E-state index in [0.29, 0.717) is 13.2 Å². The van der Waals surface area contributed by atoms with E-state index in [1.54, 1.807) is 7.11 Å². The van der Waals surface area contributed by atoms with E-state index in [9.17, 15) is 5.11 Å². The molecule has 0 radical (unpaired) electrons. The number of benzene rings is 1. The monoisotopic (exact) mass is 253 g/mol. The van der Waals surface area contributed by atoms with Crippen molar-refractivity contribution in [2.24, 2.45) is 0 Å². The van der Waals surface area contributed by atoms with Crippen LogP contribution in [0.1, 0.15) is 12.0 Å². The Kier molecular flexibility index (Phi) is 7.41. The van der Waals surface area contributed by atoms with E-state index in [1.807, 2.05) is 31.2 Å². The minimum absolute atomic E-state index is 0.306. The molecule has 4 heteroatoms. The number of hydrogen-bond donors (Lipinski definition) is 2. The lowest BCUT2D eigenvalue weighted by atomic mass is 10.2. The van der Waals surface area contributed by atoms with E-state index in [1.165, 1.54) is 5.56 Å². The van der Waals surface area contributed by atoms with Crippen LogP contribution in [0.5, 0.6) is 5.75 Å². The quantitative estimate of drug-likeness (QED) is 0.652. The lowest BCUT2D eigenvalue weighted by Gasteiger charge is -2.13. The maximum Gasteiger partial charge on any atom is 0.119 e. The van der Waals surface area contributed by atoms with Crippen LogP contribution in [0, 0.1) is 6.92 Å². The summed E-state index contributed by atoms with van der Waals surface area (Å²) in [5, 5.41) is 12.9.